The van der Waals surface area contributed by atoms with Gasteiger partial charge in [0.05, 0.1) is 6.61 Å². The Morgan fingerprint density at radius 2 is 1.81 bits per heavy atom. The van der Waals surface area contributed by atoms with Crippen LogP contribution in [-0.2, 0) is 0 Å². The fourth-order valence-corrected chi connectivity index (χ4v) is 1.36. The lowest BCUT2D eigenvalue weighted by Gasteiger charge is -2.25. The van der Waals surface area contributed by atoms with E-state index in [1.807, 2.05) is 0 Å². The number of nitrogens with one attached hydrogen (secondary N) is 1. The second kappa shape index (κ2) is 5.32. The van der Waals surface area contributed by atoms with Gasteiger partial charge in [0.25, 0.3) is 0 Å². The van der Waals surface area contributed by atoms with Crippen LogP contribution in [0.4, 0.5) is 13.2 Å². The molecule has 2 nitrogen and oxygen atoms in total. The molecule has 0 aliphatic heterocycles. The molecule has 0 heterocycles. The Kier molecular flexibility index (Phi) is 4.32. The molecule has 0 radical (unpaired) electrons. The molecule has 0 bridgehead atoms. The molecule has 0 aromatic heterocycles. The highest BCUT2D eigenvalue weighted by molar-refractivity contribution is 5.20. The largest absolute Gasteiger partial charge is 0.407 e. The van der Waals surface area contributed by atoms with Gasteiger partial charge < -0.3 is 5.11 Å². The van der Waals surface area contributed by atoms with Crippen LogP contribution in [0.3, 0.4) is 0 Å². The summed E-state index contributed by atoms with van der Waals surface area (Å²) in [5, 5.41) is 11.1. The summed E-state index contributed by atoms with van der Waals surface area (Å²) in [5.41, 5.74) is 0.148. The number of alkyl halides is 3. The Balaban J connectivity index is 2.89. The summed E-state index contributed by atoms with van der Waals surface area (Å²) in [7, 11) is 0. The van der Waals surface area contributed by atoms with E-state index in [4.69, 9.17) is 5.11 Å². The third-order valence-corrected chi connectivity index (χ3v) is 2.19. The van der Waals surface area contributed by atoms with Gasteiger partial charge >= 0.3 is 6.18 Å². The van der Waals surface area contributed by atoms with Crippen molar-refractivity contribution >= 4 is 0 Å². The third kappa shape index (κ3) is 3.50. The van der Waals surface area contributed by atoms with Gasteiger partial charge in [0, 0.05) is 6.04 Å². The number of hydrogen-bond donors (Lipinski definition) is 2. The number of benzene rings is 1. The molecule has 0 fully saturated rings. The highest BCUT2D eigenvalue weighted by atomic mass is 19.4. The smallest absolute Gasteiger partial charge is 0.395 e. The van der Waals surface area contributed by atoms with E-state index in [0.717, 1.165) is 0 Å². The van der Waals surface area contributed by atoms with E-state index in [0.29, 0.717) is 0 Å². The highest BCUT2D eigenvalue weighted by Crippen LogP contribution is 2.32. The van der Waals surface area contributed by atoms with Crippen LogP contribution in [0.1, 0.15) is 18.5 Å². The van der Waals surface area contributed by atoms with Crippen molar-refractivity contribution in [3.63, 3.8) is 0 Å². The highest BCUT2D eigenvalue weighted by Gasteiger charge is 2.41. The molecule has 90 valence electrons. The van der Waals surface area contributed by atoms with E-state index >= 15 is 0 Å². The third-order valence-electron chi connectivity index (χ3n) is 2.19. The predicted molar refractivity (Wildman–Crippen MR) is 54.9 cm³/mol. The lowest BCUT2D eigenvalue weighted by Crippen LogP contribution is -2.40. The van der Waals surface area contributed by atoms with Crippen LogP contribution in [0.5, 0.6) is 0 Å². The average molecular weight is 233 g/mol. The molecular weight excluding hydrogens is 219 g/mol. The molecule has 1 aromatic carbocycles. The maximum atomic E-state index is 12.8. The molecule has 5 heteroatoms. The molecule has 1 rings (SSSR count). The van der Waals surface area contributed by atoms with Crippen molar-refractivity contribution in [2.24, 2.45) is 0 Å². The molecular formula is C11H14F3NO. The van der Waals surface area contributed by atoms with Gasteiger partial charge in [-0.3, -0.25) is 5.32 Å². The molecule has 1 aromatic rings. The van der Waals surface area contributed by atoms with Gasteiger partial charge in [-0.25, -0.2) is 0 Å². The van der Waals surface area contributed by atoms with Gasteiger partial charge in [0.2, 0.25) is 0 Å². The van der Waals surface area contributed by atoms with E-state index in [-0.39, 0.29) is 12.2 Å². The summed E-state index contributed by atoms with van der Waals surface area (Å²) in [6.45, 7) is 1.17. The van der Waals surface area contributed by atoms with E-state index in [9.17, 15) is 13.2 Å². The summed E-state index contributed by atoms with van der Waals surface area (Å²) >= 11 is 0. The van der Waals surface area contributed by atoms with E-state index < -0.39 is 18.3 Å². The number of hydrogen-bond acceptors (Lipinski definition) is 2. The maximum Gasteiger partial charge on any atom is 0.407 e. The van der Waals surface area contributed by atoms with Crippen LogP contribution in [0.2, 0.25) is 0 Å². The topological polar surface area (TPSA) is 32.3 Å². The van der Waals surface area contributed by atoms with E-state index in [2.05, 4.69) is 5.32 Å². The average Bonchev–Trinajstić information content (AvgIpc) is 2.25. The van der Waals surface area contributed by atoms with Crippen molar-refractivity contribution in [2.75, 3.05) is 6.61 Å². The summed E-state index contributed by atoms with van der Waals surface area (Å²) in [6.07, 6.45) is -4.37. The van der Waals surface area contributed by atoms with Crippen LogP contribution >= 0.6 is 0 Å². The molecule has 0 aliphatic rings. The molecule has 16 heavy (non-hydrogen) atoms. The number of aliphatic hydroxyl groups excluding tert-OH is 1. The van der Waals surface area contributed by atoms with Crippen molar-refractivity contribution in [1.82, 2.24) is 5.32 Å². The maximum absolute atomic E-state index is 12.8. The Hall–Kier alpha value is -1.07. The molecule has 0 aliphatic carbocycles. The Bertz CT molecular complexity index is 313. The zero-order valence-electron chi connectivity index (χ0n) is 8.83. The van der Waals surface area contributed by atoms with Gasteiger partial charge in [0.15, 0.2) is 0 Å². The fraction of sp³-hybridized carbons (Fsp3) is 0.455. The Labute approximate surface area is 92.1 Å². The quantitative estimate of drug-likeness (QED) is 0.836. The first-order valence-corrected chi connectivity index (χ1v) is 4.93. The molecule has 2 N–H and O–H groups in total. The van der Waals surface area contributed by atoms with Crippen molar-refractivity contribution in [1.29, 1.82) is 0 Å². The van der Waals surface area contributed by atoms with Gasteiger partial charge in [-0.05, 0) is 12.5 Å². The van der Waals surface area contributed by atoms with E-state index in [1.54, 1.807) is 18.2 Å². The summed E-state index contributed by atoms with van der Waals surface area (Å²) in [4.78, 5) is 0. The van der Waals surface area contributed by atoms with Gasteiger partial charge in [-0.1, -0.05) is 30.3 Å². The molecule has 2 atom stereocenters. The second-order valence-electron chi connectivity index (χ2n) is 3.64. The predicted octanol–water partition coefficient (Wildman–Crippen LogP) is 2.26. The van der Waals surface area contributed by atoms with Crippen LogP contribution < -0.4 is 5.32 Å². The minimum absolute atomic E-state index is 0.148. The van der Waals surface area contributed by atoms with Crippen LogP contribution in [0.25, 0.3) is 0 Å². The second-order valence-corrected chi connectivity index (χ2v) is 3.64. The van der Waals surface area contributed by atoms with Gasteiger partial charge in [-0.2, -0.15) is 13.2 Å². The molecule has 0 unspecified atom stereocenters. The molecule has 0 saturated carbocycles. The SMILES string of the molecule is C[C@H](CO)N[C@H](c1ccccc1)C(F)(F)F. The zero-order valence-corrected chi connectivity index (χ0v) is 8.83. The lowest BCUT2D eigenvalue weighted by atomic mass is 10.1. The zero-order chi connectivity index (χ0) is 12.2. The van der Waals surface area contributed by atoms with Crippen LogP contribution in [-0.4, -0.2) is 23.9 Å². The lowest BCUT2D eigenvalue weighted by molar-refractivity contribution is -0.160. The first-order chi connectivity index (χ1) is 7.45. The number of rotatable bonds is 4. The molecule has 0 spiro atoms. The molecule has 0 saturated heterocycles. The fourth-order valence-electron chi connectivity index (χ4n) is 1.36. The van der Waals surface area contributed by atoms with Crippen molar-refractivity contribution in [3.8, 4) is 0 Å². The minimum atomic E-state index is -4.37. The Morgan fingerprint density at radius 1 is 1.25 bits per heavy atom. The number of aliphatic hydroxyl groups is 1. The summed E-state index contributed by atoms with van der Waals surface area (Å²) in [6, 6.07) is 5.25. The van der Waals surface area contributed by atoms with Crippen LogP contribution in [0.15, 0.2) is 30.3 Å². The van der Waals surface area contributed by atoms with Crippen molar-refractivity contribution in [3.05, 3.63) is 35.9 Å². The monoisotopic (exact) mass is 233 g/mol. The first kappa shape index (κ1) is 13.0. The number of halogens is 3. The first-order valence-electron chi connectivity index (χ1n) is 4.93. The summed E-state index contributed by atoms with van der Waals surface area (Å²) < 4.78 is 38.3. The summed E-state index contributed by atoms with van der Waals surface area (Å²) in [5.74, 6) is 0. The molecule has 0 amide bonds. The van der Waals surface area contributed by atoms with Gasteiger partial charge in [-0.15, -0.1) is 0 Å². The van der Waals surface area contributed by atoms with Crippen molar-refractivity contribution in [2.45, 2.75) is 25.2 Å². The van der Waals surface area contributed by atoms with Crippen LogP contribution in [0, 0.1) is 0 Å². The normalized spacial score (nSPS) is 15.8. The van der Waals surface area contributed by atoms with E-state index in [1.165, 1.54) is 19.1 Å². The minimum Gasteiger partial charge on any atom is -0.395 e. The standard InChI is InChI=1S/C11H14F3NO/c1-8(7-16)15-10(11(12,13)14)9-5-3-2-4-6-9/h2-6,8,10,15-16H,7H2,1H3/t8-,10-/m1/s1. The van der Waals surface area contributed by atoms with Crippen molar-refractivity contribution < 1.29 is 18.3 Å². The van der Waals surface area contributed by atoms with Gasteiger partial charge in [0.1, 0.15) is 6.04 Å². The Morgan fingerprint density at radius 3 is 2.25 bits per heavy atom.